The van der Waals surface area contributed by atoms with Crippen molar-refractivity contribution in [1.29, 1.82) is 0 Å². The molecule has 0 aliphatic rings. The molecule has 7 heteroatoms. The van der Waals surface area contributed by atoms with Crippen LogP contribution in [0, 0.1) is 0 Å². The Morgan fingerprint density at radius 1 is 1.62 bits per heavy atom. The molecule has 1 heterocycles. The molecule has 0 spiro atoms. The molecule has 16 heavy (non-hydrogen) atoms. The highest BCUT2D eigenvalue weighted by Gasteiger charge is 2.17. The van der Waals surface area contributed by atoms with E-state index in [0.717, 1.165) is 6.54 Å². The van der Waals surface area contributed by atoms with E-state index in [1.807, 2.05) is 18.7 Å². The van der Waals surface area contributed by atoms with E-state index in [9.17, 15) is 4.79 Å². The van der Waals surface area contributed by atoms with Gasteiger partial charge in [-0.25, -0.2) is 0 Å². The van der Waals surface area contributed by atoms with Crippen LogP contribution in [0.3, 0.4) is 0 Å². The van der Waals surface area contributed by atoms with Crippen LogP contribution in [-0.4, -0.2) is 48.8 Å². The maximum absolute atomic E-state index is 10.6. The van der Waals surface area contributed by atoms with Crippen LogP contribution in [0.1, 0.15) is 26.1 Å². The van der Waals surface area contributed by atoms with Crippen LogP contribution in [-0.2, 0) is 18.4 Å². The minimum absolute atomic E-state index is 0.0358. The summed E-state index contributed by atoms with van der Waals surface area (Å²) < 4.78 is 0. The summed E-state index contributed by atoms with van der Waals surface area (Å²) in [5.41, 5.74) is 0. The fraction of sp³-hybridized carbons (Fsp3) is 0.778. The fourth-order valence-electron chi connectivity index (χ4n) is 1.53. The van der Waals surface area contributed by atoms with Gasteiger partial charge in [-0.3, -0.25) is 9.69 Å². The predicted molar refractivity (Wildman–Crippen MR) is 56.6 cm³/mol. The first-order chi connectivity index (χ1) is 7.52. The highest BCUT2D eigenvalue weighted by molar-refractivity contribution is 5.67. The lowest BCUT2D eigenvalue weighted by molar-refractivity contribution is -0.138. The van der Waals surface area contributed by atoms with Crippen molar-refractivity contribution in [3.8, 4) is 0 Å². The molecule has 0 radical (unpaired) electrons. The van der Waals surface area contributed by atoms with Crippen LogP contribution in [0.15, 0.2) is 0 Å². The second-order valence-corrected chi connectivity index (χ2v) is 3.71. The summed E-state index contributed by atoms with van der Waals surface area (Å²) in [5, 5.41) is 20.4. The topological polar surface area (TPSA) is 84.1 Å². The highest BCUT2D eigenvalue weighted by Crippen LogP contribution is 2.06. The number of rotatable bonds is 6. The quantitative estimate of drug-likeness (QED) is 0.730. The number of hydrogen-bond donors (Lipinski definition) is 1. The van der Waals surface area contributed by atoms with Crippen molar-refractivity contribution in [2.75, 3.05) is 6.54 Å². The minimum Gasteiger partial charge on any atom is -0.481 e. The standard InChI is InChI=1S/C9H17N5O2/c1-4-14(7(2)5-9(15)16)6-8-10-12-13(3)11-8/h7H,4-6H2,1-3H3,(H,15,16). The van der Waals surface area contributed by atoms with E-state index in [-0.39, 0.29) is 12.5 Å². The van der Waals surface area contributed by atoms with E-state index in [1.54, 1.807) is 7.05 Å². The molecule has 0 aromatic carbocycles. The summed E-state index contributed by atoms with van der Waals surface area (Å²) in [5.74, 6) is -0.181. The van der Waals surface area contributed by atoms with Gasteiger partial charge in [0, 0.05) is 6.04 Å². The summed E-state index contributed by atoms with van der Waals surface area (Å²) in [4.78, 5) is 14.0. The molecule has 0 fully saturated rings. The molecule has 0 amide bonds. The molecular formula is C9H17N5O2. The Balaban J connectivity index is 2.57. The largest absolute Gasteiger partial charge is 0.481 e. The second kappa shape index (κ2) is 5.55. The van der Waals surface area contributed by atoms with E-state index in [4.69, 9.17) is 5.11 Å². The maximum Gasteiger partial charge on any atom is 0.304 e. The Morgan fingerprint density at radius 2 is 2.31 bits per heavy atom. The minimum atomic E-state index is -0.793. The summed E-state index contributed by atoms with van der Waals surface area (Å²) >= 11 is 0. The van der Waals surface area contributed by atoms with Crippen molar-refractivity contribution in [3.05, 3.63) is 5.82 Å². The van der Waals surface area contributed by atoms with Crippen LogP contribution >= 0.6 is 0 Å². The first-order valence-corrected chi connectivity index (χ1v) is 5.21. The Bertz CT molecular complexity index is 351. The molecule has 1 atom stereocenters. The zero-order valence-electron chi connectivity index (χ0n) is 9.79. The predicted octanol–water partition coefficient (Wildman–Crippen LogP) is -0.105. The maximum atomic E-state index is 10.6. The van der Waals surface area contributed by atoms with Gasteiger partial charge in [0.1, 0.15) is 0 Å². The molecule has 90 valence electrons. The van der Waals surface area contributed by atoms with Gasteiger partial charge in [0.25, 0.3) is 0 Å². The number of hydrogen-bond acceptors (Lipinski definition) is 5. The third-order valence-corrected chi connectivity index (χ3v) is 2.39. The summed E-state index contributed by atoms with van der Waals surface area (Å²) in [7, 11) is 1.70. The van der Waals surface area contributed by atoms with Gasteiger partial charge in [-0.05, 0) is 18.7 Å². The van der Waals surface area contributed by atoms with Crippen LogP contribution in [0.25, 0.3) is 0 Å². The number of aromatic nitrogens is 4. The number of tetrazole rings is 1. The van der Waals surface area contributed by atoms with E-state index < -0.39 is 5.97 Å². The molecule has 0 aliphatic heterocycles. The van der Waals surface area contributed by atoms with Crippen molar-refractivity contribution in [3.63, 3.8) is 0 Å². The lowest BCUT2D eigenvalue weighted by Crippen LogP contribution is -2.34. The zero-order valence-corrected chi connectivity index (χ0v) is 9.79. The van der Waals surface area contributed by atoms with Crippen LogP contribution in [0.5, 0.6) is 0 Å². The number of carboxylic acids is 1. The normalized spacial score (nSPS) is 13.0. The van der Waals surface area contributed by atoms with Gasteiger partial charge in [0.05, 0.1) is 20.0 Å². The average Bonchev–Trinajstić information content (AvgIpc) is 2.59. The van der Waals surface area contributed by atoms with Crippen molar-refractivity contribution < 1.29 is 9.90 Å². The van der Waals surface area contributed by atoms with Crippen molar-refractivity contribution in [1.82, 2.24) is 25.1 Å². The number of aryl methyl sites for hydroxylation is 1. The zero-order chi connectivity index (χ0) is 12.1. The highest BCUT2D eigenvalue weighted by atomic mass is 16.4. The number of carbonyl (C=O) groups is 1. The third-order valence-electron chi connectivity index (χ3n) is 2.39. The Labute approximate surface area is 94.0 Å². The molecule has 0 saturated heterocycles. The first kappa shape index (κ1) is 12.6. The van der Waals surface area contributed by atoms with Crippen LogP contribution < -0.4 is 0 Å². The van der Waals surface area contributed by atoms with E-state index in [1.165, 1.54) is 4.80 Å². The molecule has 1 N–H and O–H groups in total. The summed E-state index contributed by atoms with van der Waals surface area (Å²) in [6.07, 6.45) is 0.119. The van der Waals surface area contributed by atoms with Gasteiger partial charge in [0.15, 0.2) is 5.82 Å². The van der Waals surface area contributed by atoms with E-state index in [2.05, 4.69) is 15.4 Å². The van der Waals surface area contributed by atoms with Crippen LogP contribution in [0.4, 0.5) is 0 Å². The molecule has 1 aromatic rings. The van der Waals surface area contributed by atoms with Crippen molar-refractivity contribution >= 4 is 5.97 Å². The van der Waals surface area contributed by atoms with Gasteiger partial charge < -0.3 is 5.11 Å². The van der Waals surface area contributed by atoms with Gasteiger partial charge >= 0.3 is 5.97 Å². The van der Waals surface area contributed by atoms with Crippen LogP contribution in [0.2, 0.25) is 0 Å². The Morgan fingerprint density at radius 3 is 2.75 bits per heavy atom. The molecule has 0 aliphatic carbocycles. The molecule has 1 unspecified atom stereocenters. The number of nitrogens with zero attached hydrogens (tertiary/aromatic N) is 5. The lowest BCUT2D eigenvalue weighted by atomic mass is 10.2. The SMILES string of the molecule is CCN(Cc1nnn(C)n1)C(C)CC(=O)O. The molecule has 0 saturated carbocycles. The van der Waals surface area contributed by atoms with Gasteiger partial charge in [-0.2, -0.15) is 4.80 Å². The fourth-order valence-corrected chi connectivity index (χ4v) is 1.53. The number of carboxylic acid groups (broad SMARTS) is 1. The third kappa shape index (κ3) is 3.58. The summed E-state index contributed by atoms with van der Waals surface area (Å²) in [6, 6.07) is -0.0358. The molecular weight excluding hydrogens is 210 g/mol. The van der Waals surface area contributed by atoms with Gasteiger partial charge in [0.2, 0.25) is 0 Å². The Kier molecular flexibility index (Phi) is 4.36. The smallest absolute Gasteiger partial charge is 0.304 e. The lowest BCUT2D eigenvalue weighted by Gasteiger charge is -2.24. The van der Waals surface area contributed by atoms with Crippen molar-refractivity contribution in [2.24, 2.45) is 7.05 Å². The first-order valence-electron chi connectivity index (χ1n) is 5.21. The van der Waals surface area contributed by atoms with Crippen molar-refractivity contribution in [2.45, 2.75) is 32.9 Å². The Hall–Kier alpha value is -1.50. The summed E-state index contributed by atoms with van der Waals surface area (Å²) in [6.45, 7) is 5.15. The van der Waals surface area contributed by atoms with E-state index >= 15 is 0 Å². The molecule has 0 bridgehead atoms. The number of aliphatic carboxylic acids is 1. The van der Waals surface area contributed by atoms with Gasteiger partial charge in [-0.15, -0.1) is 10.2 Å². The second-order valence-electron chi connectivity index (χ2n) is 3.71. The van der Waals surface area contributed by atoms with Gasteiger partial charge in [-0.1, -0.05) is 6.92 Å². The monoisotopic (exact) mass is 227 g/mol. The molecule has 7 nitrogen and oxygen atoms in total. The van der Waals surface area contributed by atoms with E-state index in [0.29, 0.717) is 12.4 Å². The average molecular weight is 227 g/mol. The molecule has 1 rings (SSSR count). The molecule has 1 aromatic heterocycles.